The van der Waals surface area contributed by atoms with Crippen LogP contribution in [-0.4, -0.2) is 31.3 Å². The van der Waals surface area contributed by atoms with E-state index in [1.165, 1.54) is 0 Å². The van der Waals surface area contributed by atoms with Gasteiger partial charge in [-0.25, -0.2) is 0 Å². The third-order valence-corrected chi connectivity index (χ3v) is 4.73. The van der Waals surface area contributed by atoms with Crippen molar-refractivity contribution in [2.24, 2.45) is 0 Å². The van der Waals surface area contributed by atoms with Crippen LogP contribution >= 0.6 is 0 Å². The van der Waals surface area contributed by atoms with Gasteiger partial charge in [0.1, 0.15) is 16.4 Å². The summed E-state index contributed by atoms with van der Waals surface area (Å²) in [6.45, 7) is 7.76. The lowest BCUT2D eigenvalue weighted by Crippen LogP contribution is -2.45. The summed E-state index contributed by atoms with van der Waals surface area (Å²) < 4.78 is 5.46. The highest BCUT2D eigenvalue weighted by molar-refractivity contribution is 7.21. The molecule has 0 rings (SSSR count). The number of rotatable bonds is 2. The third-order valence-electron chi connectivity index (χ3n) is 0.526. The monoisotopic (exact) mass is 154 g/mol. The van der Waals surface area contributed by atoms with E-state index in [9.17, 15) is 0 Å². The molecule has 0 aliphatic carbocycles. The predicted molar refractivity (Wildman–Crippen MR) is 47.6 cm³/mol. The molecule has 9 heavy (non-hydrogen) atoms. The highest BCUT2D eigenvalue weighted by Crippen LogP contribution is 2.06. The molecule has 0 aliphatic heterocycles. The number of hydrogen-bond donors (Lipinski definition) is 0. The highest BCUT2D eigenvalue weighted by Gasteiger charge is 2.22. The van der Waals surface area contributed by atoms with Crippen LogP contribution in [0.3, 0.4) is 0 Å². The zero-order valence-electron chi connectivity index (χ0n) is 6.56. The molecule has 0 N–H and O–H groups in total. The summed E-state index contributed by atoms with van der Waals surface area (Å²) in [4.78, 5) is 0. The predicted octanol–water partition coefficient (Wildman–Crippen LogP) is 0.744. The molecule has 0 bridgehead atoms. The second-order valence-electron chi connectivity index (χ2n) is 3.31. The van der Waals surface area contributed by atoms with Gasteiger partial charge in [-0.05, 0) is 0 Å². The summed E-state index contributed by atoms with van der Waals surface area (Å²) >= 11 is 0. The lowest BCUT2D eigenvalue weighted by Gasteiger charge is -2.29. The average Bonchev–Trinajstić information content (AvgIpc) is 1.14. The van der Waals surface area contributed by atoms with Gasteiger partial charge in [-0.2, -0.15) is 0 Å². The van der Waals surface area contributed by atoms with Gasteiger partial charge in [-0.1, -0.05) is 26.2 Å². The average molecular weight is 154 g/mol. The van der Waals surface area contributed by atoms with E-state index >= 15 is 0 Å². The molecule has 0 aromatic heterocycles. The van der Waals surface area contributed by atoms with Crippen molar-refractivity contribution in [1.29, 1.82) is 0 Å². The Labute approximate surface area is 62.1 Å². The fourth-order valence-electron chi connectivity index (χ4n) is 0.678. The Morgan fingerprint density at radius 1 is 0.889 bits per heavy atom. The first-order valence-corrected chi connectivity index (χ1v) is 8.96. The van der Waals surface area contributed by atoms with Crippen molar-refractivity contribution in [3.8, 4) is 0 Å². The van der Waals surface area contributed by atoms with E-state index in [0.29, 0.717) is 0 Å². The van der Waals surface area contributed by atoms with Crippen LogP contribution in [0, 0.1) is 0 Å². The molecule has 0 aromatic rings. The molecule has 0 amide bonds. The first-order valence-electron chi connectivity index (χ1n) is 2.99. The van der Waals surface area contributed by atoms with Crippen LogP contribution in [0.1, 0.15) is 0 Å². The highest BCUT2D eigenvalue weighted by atomic mass is 28.4. The van der Waals surface area contributed by atoms with E-state index < -0.39 is 16.4 Å². The standard InChI is InChI=1S/C4H12B2OSi2/c1-8(2,5)7-9(3,4)6/h1-4H3. The van der Waals surface area contributed by atoms with Gasteiger partial charge in [0.05, 0.1) is 14.9 Å². The summed E-state index contributed by atoms with van der Waals surface area (Å²) in [5.41, 5.74) is 0. The van der Waals surface area contributed by atoms with E-state index in [1.807, 2.05) is 26.2 Å². The van der Waals surface area contributed by atoms with Gasteiger partial charge in [0.25, 0.3) is 0 Å². The van der Waals surface area contributed by atoms with E-state index in [0.717, 1.165) is 0 Å². The van der Waals surface area contributed by atoms with Crippen LogP contribution < -0.4 is 0 Å². The molecular formula is C4H12B2OSi2. The largest absolute Gasteiger partial charge is 0.470 e. The fourth-order valence-corrected chi connectivity index (χ4v) is 6.10. The second kappa shape index (κ2) is 2.64. The lowest BCUT2D eigenvalue weighted by molar-refractivity contribution is 0.589. The molecule has 0 aromatic carbocycles. The van der Waals surface area contributed by atoms with Gasteiger partial charge in [0, 0.05) is 0 Å². The van der Waals surface area contributed by atoms with Crippen molar-refractivity contribution in [3.63, 3.8) is 0 Å². The van der Waals surface area contributed by atoms with Crippen molar-refractivity contribution in [1.82, 2.24) is 0 Å². The zero-order valence-corrected chi connectivity index (χ0v) is 8.56. The van der Waals surface area contributed by atoms with E-state index in [4.69, 9.17) is 19.0 Å². The minimum absolute atomic E-state index is 1.86. The van der Waals surface area contributed by atoms with Crippen molar-refractivity contribution >= 4 is 31.3 Å². The Morgan fingerprint density at radius 2 is 1.11 bits per heavy atom. The smallest absolute Gasteiger partial charge is 0.120 e. The molecule has 0 saturated heterocycles. The molecule has 0 fully saturated rings. The number of hydrogen-bond acceptors (Lipinski definition) is 1. The summed E-state index contributed by atoms with van der Waals surface area (Å²) in [6.07, 6.45) is 0. The Morgan fingerprint density at radius 3 is 1.11 bits per heavy atom. The van der Waals surface area contributed by atoms with Crippen LogP contribution in [-0.2, 0) is 4.12 Å². The van der Waals surface area contributed by atoms with Crippen LogP contribution in [0.4, 0.5) is 0 Å². The first-order chi connectivity index (χ1) is 3.71. The summed E-state index contributed by atoms with van der Waals surface area (Å²) in [6, 6.07) is 0. The van der Waals surface area contributed by atoms with Crippen molar-refractivity contribution in [2.45, 2.75) is 26.2 Å². The van der Waals surface area contributed by atoms with Gasteiger partial charge in [-0.3, -0.25) is 0 Å². The molecule has 0 heterocycles. The molecule has 0 saturated carbocycles. The van der Waals surface area contributed by atoms with Gasteiger partial charge < -0.3 is 4.12 Å². The summed E-state index contributed by atoms with van der Waals surface area (Å²) in [7, 11) is 7.67. The molecule has 48 valence electrons. The Kier molecular flexibility index (Phi) is 2.79. The third kappa shape index (κ3) is 8.52. The normalized spacial score (nSPS) is 13.8. The molecule has 0 spiro atoms. The lowest BCUT2D eigenvalue weighted by atomic mass is 10.7. The van der Waals surface area contributed by atoms with E-state index in [1.54, 1.807) is 0 Å². The van der Waals surface area contributed by atoms with Crippen molar-refractivity contribution < 1.29 is 4.12 Å². The molecule has 0 atom stereocenters. The molecule has 1 nitrogen and oxygen atoms in total. The van der Waals surface area contributed by atoms with E-state index in [2.05, 4.69) is 0 Å². The van der Waals surface area contributed by atoms with Crippen molar-refractivity contribution in [3.05, 3.63) is 0 Å². The Bertz CT molecular complexity index is 81.7. The van der Waals surface area contributed by atoms with Gasteiger partial charge in [0.2, 0.25) is 0 Å². The molecule has 5 heteroatoms. The van der Waals surface area contributed by atoms with E-state index in [-0.39, 0.29) is 0 Å². The Hall–Kier alpha value is 0.524. The SMILES string of the molecule is [B][Si](C)(C)O[Si]([B])(C)C. The van der Waals surface area contributed by atoms with Gasteiger partial charge in [0.15, 0.2) is 0 Å². The molecule has 4 radical (unpaired) electrons. The summed E-state index contributed by atoms with van der Waals surface area (Å²) in [5, 5.41) is 0. The topological polar surface area (TPSA) is 9.23 Å². The van der Waals surface area contributed by atoms with Gasteiger partial charge in [-0.15, -0.1) is 0 Å². The quantitative estimate of drug-likeness (QED) is 0.533. The van der Waals surface area contributed by atoms with Gasteiger partial charge >= 0.3 is 0 Å². The molecule has 0 aliphatic rings. The van der Waals surface area contributed by atoms with Crippen LogP contribution in [0.15, 0.2) is 0 Å². The second-order valence-corrected chi connectivity index (χ2v) is 10.5. The fraction of sp³-hybridized carbons (Fsp3) is 1.00. The van der Waals surface area contributed by atoms with Crippen molar-refractivity contribution in [2.75, 3.05) is 0 Å². The van der Waals surface area contributed by atoms with Crippen LogP contribution in [0.2, 0.25) is 26.2 Å². The van der Waals surface area contributed by atoms with Crippen LogP contribution in [0.5, 0.6) is 0 Å². The summed E-state index contributed by atoms with van der Waals surface area (Å²) in [5.74, 6) is 0. The molecule has 0 unspecified atom stereocenters. The Balaban J connectivity index is 3.75. The molecular weight excluding hydrogens is 142 g/mol. The van der Waals surface area contributed by atoms with Crippen LogP contribution in [0.25, 0.3) is 0 Å². The first kappa shape index (κ1) is 9.52. The maximum absolute atomic E-state index is 5.69. The minimum Gasteiger partial charge on any atom is -0.470 e. The maximum atomic E-state index is 5.69. The zero-order chi connectivity index (χ0) is 7.71. The minimum atomic E-state index is -1.86. The maximum Gasteiger partial charge on any atom is 0.120 e.